The van der Waals surface area contributed by atoms with Crippen molar-refractivity contribution in [2.24, 2.45) is 4.99 Å². The molecule has 46 heavy (non-hydrogen) atoms. The largest absolute Gasteiger partial charge is 0.491 e. The molecule has 0 fully saturated rings. The van der Waals surface area contributed by atoms with E-state index in [9.17, 15) is 19.7 Å². The van der Waals surface area contributed by atoms with Crippen molar-refractivity contribution >= 4 is 56.6 Å². The molecule has 5 rings (SSSR count). The molecule has 3 aromatic carbocycles. The number of ether oxygens (including phenoxy) is 3. The van der Waals surface area contributed by atoms with Gasteiger partial charge in [-0.1, -0.05) is 53.3 Å². The summed E-state index contributed by atoms with van der Waals surface area (Å²) in [7, 11) is 0. The van der Waals surface area contributed by atoms with Crippen molar-refractivity contribution < 1.29 is 23.9 Å². The zero-order valence-corrected chi connectivity index (χ0v) is 28.4. The van der Waals surface area contributed by atoms with Gasteiger partial charge in [0, 0.05) is 16.7 Å². The van der Waals surface area contributed by atoms with Gasteiger partial charge in [0.05, 0.1) is 37.9 Å². The quantitative estimate of drug-likeness (QED) is 0.104. The van der Waals surface area contributed by atoms with E-state index >= 15 is 0 Å². The van der Waals surface area contributed by atoms with Crippen LogP contribution >= 0.6 is 38.9 Å². The Morgan fingerprint density at radius 3 is 2.59 bits per heavy atom. The smallest absolute Gasteiger partial charge is 0.338 e. The number of carbonyl (C=O) groups excluding carboxylic acids is 1. The summed E-state index contributed by atoms with van der Waals surface area (Å²) in [5, 5.41) is 12.7. The zero-order chi connectivity index (χ0) is 33.1. The van der Waals surface area contributed by atoms with Gasteiger partial charge in [0.1, 0.15) is 18.4 Å². The van der Waals surface area contributed by atoms with Crippen LogP contribution in [0.3, 0.4) is 0 Å². The maximum absolute atomic E-state index is 14.1. The fourth-order valence-electron chi connectivity index (χ4n) is 5.00. The third kappa shape index (κ3) is 6.93. The molecule has 238 valence electrons. The number of esters is 1. The Bertz CT molecular complexity index is 2040. The van der Waals surface area contributed by atoms with E-state index in [-0.39, 0.29) is 40.9 Å². The molecule has 0 bridgehead atoms. The molecular weight excluding hydrogens is 698 g/mol. The molecule has 0 spiro atoms. The Morgan fingerprint density at radius 2 is 1.91 bits per heavy atom. The number of benzene rings is 3. The maximum atomic E-state index is 14.1. The summed E-state index contributed by atoms with van der Waals surface area (Å²) in [5.41, 5.74) is 1.70. The lowest BCUT2D eigenvalue weighted by atomic mass is 9.95. The number of para-hydroxylation sites is 1. The Morgan fingerprint density at radius 1 is 1.20 bits per heavy atom. The van der Waals surface area contributed by atoms with Crippen LogP contribution < -0.4 is 24.4 Å². The Balaban J connectivity index is 1.62. The average Bonchev–Trinajstić information content (AvgIpc) is 3.30. The number of carbonyl (C=O) groups is 1. The fraction of sp³-hybridized carbons (Fsp3) is 0.242. The van der Waals surface area contributed by atoms with Gasteiger partial charge in [-0.25, -0.2) is 9.79 Å². The molecular formula is C33H29BrClN3O7S. The first-order valence-electron chi connectivity index (χ1n) is 14.3. The summed E-state index contributed by atoms with van der Waals surface area (Å²) in [6.45, 7) is 7.41. The molecule has 0 N–H and O–H groups in total. The van der Waals surface area contributed by atoms with Gasteiger partial charge in [-0.05, 0) is 85.1 Å². The number of allylic oxidation sites excluding steroid dienone is 1. The van der Waals surface area contributed by atoms with Crippen LogP contribution in [0.25, 0.3) is 6.08 Å². The third-order valence-electron chi connectivity index (χ3n) is 6.93. The zero-order valence-electron chi connectivity index (χ0n) is 25.3. The predicted octanol–water partition coefficient (Wildman–Crippen LogP) is 6.49. The van der Waals surface area contributed by atoms with Crippen molar-refractivity contribution in [3.05, 3.63) is 128 Å². The summed E-state index contributed by atoms with van der Waals surface area (Å²) in [4.78, 5) is 43.9. The number of fused-ring (bicyclic) bond motifs is 1. The molecule has 10 nitrogen and oxygen atoms in total. The molecule has 1 aliphatic heterocycles. The molecule has 4 aromatic rings. The third-order valence-corrected chi connectivity index (χ3v) is 8.75. The molecule has 0 aliphatic carbocycles. The van der Waals surface area contributed by atoms with Gasteiger partial charge in [0.15, 0.2) is 4.80 Å². The summed E-state index contributed by atoms with van der Waals surface area (Å²) < 4.78 is 19.4. The van der Waals surface area contributed by atoms with E-state index in [0.29, 0.717) is 36.9 Å². The molecule has 0 saturated heterocycles. The number of aromatic nitrogens is 1. The van der Waals surface area contributed by atoms with Gasteiger partial charge >= 0.3 is 11.7 Å². The number of nitro groups is 1. The van der Waals surface area contributed by atoms with E-state index < -0.39 is 22.5 Å². The second kappa shape index (κ2) is 14.0. The molecule has 0 amide bonds. The van der Waals surface area contributed by atoms with Crippen molar-refractivity contribution in [1.82, 2.24) is 4.57 Å². The van der Waals surface area contributed by atoms with Crippen LogP contribution in [0.15, 0.2) is 86.2 Å². The van der Waals surface area contributed by atoms with Gasteiger partial charge in [-0.3, -0.25) is 19.5 Å². The number of nitrogens with zero attached hydrogens (tertiary/aromatic N) is 3. The first kappa shape index (κ1) is 33.1. The van der Waals surface area contributed by atoms with Crippen LogP contribution in [0.1, 0.15) is 50.4 Å². The molecule has 1 atom stereocenters. The highest BCUT2D eigenvalue weighted by Crippen LogP contribution is 2.38. The van der Waals surface area contributed by atoms with Crippen LogP contribution in [0.2, 0.25) is 5.02 Å². The SMILES string of the molecule is CCOC(=O)C1=C(C)N=c2s/c(=C\c3cc(Br)c(OCc4ccc(Cl)cc4)c([N+](=O)[O-])c3)c(=O)n2[C@@H]1c1ccccc1OC(C)C. The second-order valence-corrected chi connectivity index (χ2v) is 12.8. The molecule has 1 aliphatic rings. The maximum Gasteiger partial charge on any atom is 0.338 e. The minimum atomic E-state index is -0.878. The summed E-state index contributed by atoms with van der Waals surface area (Å²) >= 11 is 10.5. The first-order valence-corrected chi connectivity index (χ1v) is 16.3. The summed E-state index contributed by atoms with van der Waals surface area (Å²) in [6, 6.07) is 16.3. The van der Waals surface area contributed by atoms with Crippen LogP contribution in [0.4, 0.5) is 5.69 Å². The van der Waals surface area contributed by atoms with Crippen molar-refractivity contribution in [1.29, 1.82) is 0 Å². The number of hydrogen-bond donors (Lipinski definition) is 0. The van der Waals surface area contributed by atoms with E-state index in [1.807, 2.05) is 26.0 Å². The van der Waals surface area contributed by atoms with E-state index in [1.165, 1.54) is 10.6 Å². The van der Waals surface area contributed by atoms with Crippen LogP contribution in [0, 0.1) is 10.1 Å². The topological polar surface area (TPSA) is 122 Å². The van der Waals surface area contributed by atoms with E-state index in [1.54, 1.807) is 62.4 Å². The normalized spacial score (nSPS) is 14.6. The van der Waals surface area contributed by atoms with Crippen LogP contribution in [-0.2, 0) is 16.1 Å². The van der Waals surface area contributed by atoms with Crippen molar-refractivity contribution in [3.63, 3.8) is 0 Å². The molecule has 13 heteroatoms. The van der Waals surface area contributed by atoms with Crippen molar-refractivity contribution in [2.75, 3.05) is 6.61 Å². The fourth-order valence-corrected chi connectivity index (χ4v) is 6.76. The Hall–Kier alpha value is -4.26. The van der Waals surface area contributed by atoms with E-state index in [2.05, 4.69) is 20.9 Å². The standard InChI is InChI=1S/C33H29BrClN3O7S/c1-5-43-32(40)28-19(4)36-33-37(29(28)23-8-6-7-9-26(23)45-18(2)3)31(39)27(46-33)16-21-14-24(34)30(25(15-21)38(41)42)44-17-20-10-12-22(35)13-11-20/h6-16,18,29H,5,17H2,1-4H3/b27-16-/t29-/m1/s1. The summed E-state index contributed by atoms with van der Waals surface area (Å²) in [5.74, 6) is -0.0199. The molecule has 2 heterocycles. The second-order valence-electron chi connectivity index (χ2n) is 10.5. The number of thiazole rings is 1. The number of nitro benzene ring substituents is 1. The minimum absolute atomic E-state index is 0.0509. The monoisotopic (exact) mass is 725 g/mol. The van der Waals surface area contributed by atoms with Gasteiger partial charge in [0.25, 0.3) is 5.56 Å². The Labute approximate surface area is 281 Å². The summed E-state index contributed by atoms with van der Waals surface area (Å²) in [6.07, 6.45) is 1.39. The van der Waals surface area contributed by atoms with Crippen molar-refractivity contribution in [2.45, 2.75) is 46.4 Å². The number of halogens is 2. The van der Waals surface area contributed by atoms with E-state index in [0.717, 1.165) is 16.9 Å². The molecule has 0 saturated carbocycles. The number of hydrogen-bond acceptors (Lipinski definition) is 9. The highest BCUT2D eigenvalue weighted by Gasteiger charge is 2.35. The lowest BCUT2D eigenvalue weighted by molar-refractivity contribution is -0.386. The lowest BCUT2D eigenvalue weighted by Gasteiger charge is -2.26. The van der Waals surface area contributed by atoms with Gasteiger partial charge in [-0.2, -0.15) is 0 Å². The van der Waals surface area contributed by atoms with Gasteiger partial charge < -0.3 is 14.2 Å². The average molecular weight is 727 g/mol. The highest BCUT2D eigenvalue weighted by atomic mass is 79.9. The molecule has 0 unspecified atom stereocenters. The van der Waals surface area contributed by atoms with Crippen molar-refractivity contribution in [3.8, 4) is 11.5 Å². The number of rotatable bonds is 10. The molecule has 1 aromatic heterocycles. The highest BCUT2D eigenvalue weighted by molar-refractivity contribution is 9.10. The van der Waals surface area contributed by atoms with E-state index in [4.69, 9.17) is 25.8 Å². The predicted molar refractivity (Wildman–Crippen MR) is 179 cm³/mol. The van der Waals surface area contributed by atoms with Gasteiger partial charge in [0.2, 0.25) is 5.75 Å². The molecule has 0 radical (unpaired) electrons. The van der Waals surface area contributed by atoms with Gasteiger partial charge in [-0.15, -0.1) is 0 Å². The Kier molecular flexibility index (Phi) is 10.1. The first-order chi connectivity index (χ1) is 22.0. The van der Waals surface area contributed by atoms with Crippen LogP contribution in [-0.4, -0.2) is 28.2 Å². The minimum Gasteiger partial charge on any atom is -0.491 e. The lowest BCUT2D eigenvalue weighted by Crippen LogP contribution is -2.40. The van der Waals surface area contributed by atoms with Crippen LogP contribution in [0.5, 0.6) is 11.5 Å².